The third-order valence-electron chi connectivity index (χ3n) is 1.72. The molecular formula is C10H21NO2. The van der Waals surface area contributed by atoms with Crippen molar-refractivity contribution in [2.24, 2.45) is 0 Å². The molecule has 0 saturated carbocycles. The Morgan fingerprint density at radius 3 is 2.00 bits per heavy atom. The van der Waals surface area contributed by atoms with Gasteiger partial charge in [0.25, 0.3) is 0 Å². The van der Waals surface area contributed by atoms with Gasteiger partial charge in [-0.2, -0.15) is 0 Å². The summed E-state index contributed by atoms with van der Waals surface area (Å²) in [7, 11) is 0. The van der Waals surface area contributed by atoms with Gasteiger partial charge in [0.2, 0.25) is 0 Å². The Bertz CT molecular complexity index is 180. The summed E-state index contributed by atoms with van der Waals surface area (Å²) in [6.07, 6.45) is 0.533. The Morgan fingerprint density at radius 2 is 1.69 bits per heavy atom. The van der Waals surface area contributed by atoms with Crippen molar-refractivity contribution in [2.45, 2.75) is 59.1 Å². The Balaban J connectivity index is 4.03. The lowest BCUT2D eigenvalue weighted by molar-refractivity contribution is 0.0470. The van der Waals surface area contributed by atoms with Crippen LogP contribution in [0.4, 0.5) is 4.79 Å². The van der Waals surface area contributed by atoms with E-state index in [2.05, 4.69) is 5.32 Å². The number of amides is 1. The van der Waals surface area contributed by atoms with Crippen LogP contribution in [0.25, 0.3) is 0 Å². The molecule has 0 radical (unpaired) electrons. The van der Waals surface area contributed by atoms with Gasteiger partial charge < -0.3 is 10.1 Å². The average Bonchev–Trinajstić information content (AvgIpc) is 1.81. The standard InChI is InChI=1S/C10H21NO2/c1-7-10(5,6)11-8(12)13-9(2,3)4/h7H2,1-6H3,(H,11,12). The average molecular weight is 187 g/mol. The molecule has 0 atom stereocenters. The number of hydrogen-bond acceptors (Lipinski definition) is 2. The topological polar surface area (TPSA) is 38.3 Å². The number of ether oxygens (including phenoxy) is 1. The van der Waals surface area contributed by atoms with Crippen LogP contribution in [0.1, 0.15) is 48.0 Å². The van der Waals surface area contributed by atoms with Gasteiger partial charge in [0.15, 0.2) is 0 Å². The van der Waals surface area contributed by atoms with E-state index in [4.69, 9.17) is 4.74 Å². The number of rotatable bonds is 2. The molecule has 0 bridgehead atoms. The summed E-state index contributed by atoms with van der Waals surface area (Å²) in [4.78, 5) is 11.3. The zero-order valence-electron chi connectivity index (χ0n) is 9.52. The molecule has 3 nitrogen and oxygen atoms in total. The Hall–Kier alpha value is -0.730. The predicted octanol–water partition coefficient (Wildman–Crippen LogP) is 2.70. The molecule has 0 aliphatic rings. The van der Waals surface area contributed by atoms with Crippen LogP contribution >= 0.6 is 0 Å². The largest absolute Gasteiger partial charge is 0.444 e. The first-order valence-electron chi connectivity index (χ1n) is 4.67. The lowest BCUT2D eigenvalue weighted by atomic mass is 10.0. The first kappa shape index (κ1) is 12.3. The maximum atomic E-state index is 11.3. The van der Waals surface area contributed by atoms with Gasteiger partial charge in [0.05, 0.1) is 0 Å². The third-order valence-corrected chi connectivity index (χ3v) is 1.72. The summed E-state index contributed by atoms with van der Waals surface area (Å²) in [6.45, 7) is 11.5. The minimum Gasteiger partial charge on any atom is -0.444 e. The Labute approximate surface area is 80.8 Å². The number of hydrogen-bond donors (Lipinski definition) is 1. The van der Waals surface area contributed by atoms with E-state index in [-0.39, 0.29) is 11.6 Å². The van der Waals surface area contributed by atoms with Gasteiger partial charge in [-0.3, -0.25) is 0 Å². The minimum absolute atomic E-state index is 0.192. The number of carbonyl (C=O) groups is 1. The highest BCUT2D eigenvalue weighted by Crippen LogP contribution is 2.11. The Kier molecular flexibility index (Phi) is 3.76. The maximum absolute atomic E-state index is 11.3. The van der Waals surface area contributed by atoms with E-state index in [1.807, 2.05) is 41.5 Å². The van der Waals surface area contributed by atoms with E-state index in [1.54, 1.807) is 0 Å². The summed E-state index contributed by atoms with van der Waals surface area (Å²) < 4.78 is 5.13. The summed E-state index contributed by atoms with van der Waals surface area (Å²) in [5, 5.41) is 2.80. The molecule has 1 amide bonds. The van der Waals surface area contributed by atoms with Crippen LogP contribution in [0.15, 0.2) is 0 Å². The highest BCUT2D eigenvalue weighted by Gasteiger charge is 2.22. The highest BCUT2D eigenvalue weighted by molar-refractivity contribution is 5.68. The van der Waals surface area contributed by atoms with E-state index in [0.717, 1.165) is 6.42 Å². The van der Waals surface area contributed by atoms with E-state index in [0.29, 0.717) is 0 Å². The second-order valence-corrected chi connectivity index (χ2v) is 4.86. The summed E-state index contributed by atoms with van der Waals surface area (Å²) >= 11 is 0. The van der Waals surface area contributed by atoms with E-state index < -0.39 is 5.60 Å². The molecule has 13 heavy (non-hydrogen) atoms. The zero-order valence-corrected chi connectivity index (χ0v) is 9.52. The van der Waals surface area contributed by atoms with Crippen LogP contribution in [-0.4, -0.2) is 17.2 Å². The maximum Gasteiger partial charge on any atom is 0.408 e. The first-order chi connectivity index (χ1) is 5.66. The van der Waals surface area contributed by atoms with Crippen molar-refractivity contribution >= 4 is 6.09 Å². The molecule has 0 fully saturated rings. The molecule has 0 aromatic heterocycles. The first-order valence-corrected chi connectivity index (χ1v) is 4.67. The quantitative estimate of drug-likeness (QED) is 0.721. The summed E-state index contributed by atoms with van der Waals surface area (Å²) in [5.41, 5.74) is -0.615. The summed E-state index contributed by atoms with van der Waals surface area (Å²) in [5.74, 6) is 0. The van der Waals surface area contributed by atoms with Crippen molar-refractivity contribution in [1.29, 1.82) is 0 Å². The molecule has 0 spiro atoms. The van der Waals surface area contributed by atoms with Gasteiger partial charge >= 0.3 is 6.09 Å². The molecule has 0 unspecified atom stereocenters. The molecule has 0 heterocycles. The minimum atomic E-state index is -0.423. The van der Waals surface area contributed by atoms with Gasteiger partial charge in [-0.05, 0) is 41.0 Å². The molecule has 0 aromatic carbocycles. The van der Waals surface area contributed by atoms with Gasteiger partial charge in [0.1, 0.15) is 5.60 Å². The molecule has 0 aliphatic carbocycles. The van der Waals surface area contributed by atoms with Crippen molar-refractivity contribution in [3.8, 4) is 0 Å². The van der Waals surface area contributed by atoms with E-state index >= 15 is 0 Å². The van der Waals surface area contributed by atoms with Crippen molar-refractivity contribution in [3.63, 3.8) is 0 Å². The monoisotopic (exact) mass is 187 g/mol. The molecular weight excluding hydrogens is 166 g/mol. The molecule has 3 heteroatoms. The molecule has 78 valence electrons. The number of carbonyl (C=O) groups excluding carboxylic acids is 1. The van der Waals surface area contributed by atoms with Gasteiger partial charge in [-0.1, -0.05) is 6.92 Å². The fourth-order valence-corrected chi connectivity index (χ4v) is 0.668. The van der Waals surface area contributed by atoms with Crippen LogP contribution in [0.2, 0.25) is 0 Å². The molecule has 0 aromatic rings. The van der Waals surface area contributed by atoms with Gasteiger partial charge in [-0.25, -0.2) is 4.79 Å². The van der Waals surface area contributed by atoms with Crippen LogP contribution < -0.4 is 5.32 Å². The molecule has 0 rings (SSSR count). The lowest BCUT2D eigenvalue weighted by Crippen LogP contribution is -2.45. The van der Waals surface area contributed by atoms with Crippen molar-refractivity contribution in [1.82, 2.24) is 5.32 Å². The SMILES string of the molecule is CCC(C)(C)NC(=O)OC(C)(C)C. The van der Waals surface area contributed by atoms with Gasteiger partial charge in [-0.15, -0.1) is 0 Å². The highest BCUT2D eigenvalue weighted by atomic mass is 16.6. The van der Waals surface area contributed by atoms with Crippen LogP contribution in [0.5, 0.6) is 0 Å². The Morgan fingerprint density at radius 1 is 1.23 bits per heavy atom. The van der Waals surface area contributed by atoms with Crippen LogP contribution in [-0.2, 0) is 4.74 Å². The lowest BCUT2D eigenvalue weighted by Gasteiger charge is -2.27. The second-order valence-electron chi connectivity index (χ2n) is 4.86. The zero-order chi connectivity index (χ0) is 10.7. The molecule has 1 N–H and O–H groups in total. The second kappa shape index (κ2) is 3.99. The van der Waals surface area contributed by atoms with Gasteiger partial charge in [0, 0.05) is 5.54 Å². The third kappa shape index (κ3) is 6.43. The van der Waals surface area contributed by atoms with Crippen LogP contribution in [0.3, 0.4) is 0 Å². The fraction of sp³-hybridized carbons (Fsp3) is 0.900. The normalized spacial score (nSPS) is 12.5. The van der Waals surface area contributed by atoms with Crippen molar-refractivity contribution in [3.05, 3.63) is 0 Å². The molecule has 0 saturated heterocycles. The number of nitrogens with one attached hydrogen (secondary N) is 1. The summed E-state index contributed by atoms with van der Waals surface area (Å²) in [6, 6.07) is 0. The molecule has 0 aliphatic heterocycles. The number of alkyl carbamates (subject to hydrolysis) is 1. The van der Waals surface area contributed by atoms with Crippen molar-refractivity contribution in [2.75, 3.05) is 0 Å². The van der Waals surface area contributed by atoms with E-state index in [1.165, 1.54) is 0 Å². The smallest absolute Gasteiger partial charge is 0.408 e. The van der Waals surface area contributed by atoms with Crippen LogP contribution in [0, 0.1) is 0 Å². The fourth-order valence-electron chi connectivity index (χ4n) is 0.668. The predicted molar refractivity (Wildman–Crippen MR) is 53.7 cm³/mol. The van der Waals surface area contributed by atoms with E-state index in [9.17, 15) is 4.79 Å². The van der Waals surface area contributed by atoms with Crippen molar-refractivity contribution < 1.29 is 9.53 Å².